The molecule has 6 rings (SSSR count). The number of phosphoric ester groups is 1. The molecule has 37 heteroatoms. The normalized spacial score (nSPS) is 36.1. The van der Waals surface area contributed by atoms with Crippen molar-refractivity contribution in [1.29, 1.82) is 0 Å². The summed E-state index contributed by atoms with van der Waals surface area (Å²) in [6.45, 7) is 22.0. The SMILES string of the molecule is COC(=O)[C@@H](COP(=O)(O)O[C@@H]1OC(C(N)=O)[C@@](C)(O)[C@H](OC(N)=O)C1O[C@@H]1OC(CO[C@@H]2OC(COC(C)=O)[C@@H](C)[C@H](C)C2OC(C)=O)[C@@H](O[C@@H]2OC(C)[C@@H](O[C@@H]3OC(C(=O)NC4=C(O)CCC4=O)[C@H](C)[C@H](C)C3OC(C)=O)[C@H](C)C2NC(C)=O)[C@H](C)C1NC(C)=O)OC/C=C(/C)CCC=C(C)C. The van der Waals surface area contributed by atoms with Crippen LogP contribution in [-0.4, -0.2) is 230 Å². The lowest BCUT2D eigenvalue weighted by atomic mass is 9.82. The number of ether oxygens (including phenoxy) is 15. The first kappa shape index (κ1) is 86.3. The fourth-order valence-electron chi connectivity index (χ4n) is 13.3. The average molecular weight is 1510 g/mol. The maximum absolute atomic E-state index is 14.3. The Morgan fingerprint density at radius 3 is 1.77 bits per heavy atom. The van der Waals surface area contributed by atoms with E-state index in [0.29, 0.717) is 12.8 Å². The smallest absolute Gasteiger partial charge is 0.474 e. The summed E-state index contributed by atoms with van der Waals surface area (Å²) in [7, 11) is -4.66. The molecule has 0 bridgehead atoms. The molecule has 0 saturated carbocycles. The first-order valence-corrected chi connectivity index (χ1v) is 35.8. The highest BCUT2D eigenvalue weighted by Gasteiger charge is 2.62. The highest BCUT2D eigenvalue weighted by atomic mass is 31.2. The third kappa shape index (κ3) is 22.7. The second kappa shape index (κ2) is 37.8. The number of carbonyl (C=O) groups excluding carboxylic acids is 10. The minimum absolute atomic E-state index is 0.0175. The largest absolute Gasteiger partial charge is 0.510 e. The molecule has 36 nitrogen and oxygen atoms in total. The quantitative estimate of drug-likeness (QED) is 0.0214. The molecule has 0 aromatic carbocycles. The van der Waals surface area contributed by atoms with Crippen molar-refractivity contribution in [1.82, 2.24) is 16.0 Å². The fraction of sp³-hybridized carbons (Fsp3) is 0.761. The number of hydrogen-bond acceptors (Lipinski definition) is 30. The molecular formula is C67H104N5O31P. The van der Waals surface area contributed by atoms with Gasteiger partial charge in [0.2, 0.25) is 17.7 Å². The Bertz CT molecular complexity index is 3220. The van der Waals surface area contributed by atoms with E-state index in [0.717, 1.165) is 39.0 Å². The van der Waals surface area contributed by atoms with Gasteiger partial charge in [-0.15, -0.1) is 0 Å². The van der Waals surface area contributed by atoms with E-state index < -0.39 is 238 Å². The summed E-state index contributed by atoms with van der Waals surface area (Å²) in [6.07, 6.45) is -23.9. The van der Waals surface area contributed by atoms with Crippen LogP contribution in [0.25, 0.3) is 0 Å². The molecule has 104 heavy (non-hydrogen) atoms. The lowest BCUT2D eigenvalue weighted by Crippen LogP contribution is -2.71. The number of nitrogens with one attached hydrogen (secondary N) is 3. The summed E-state index contributed by atoms with van der Waals surface area (Å²) in [5, 5.41) is 30.7. The van der Waals surface area contributed by atoms with Crippen molar-refractivity contribution in [2.75, 3.05) is 33.5 Å². The standard InChI is InChI=1S/C67H104N5O31P/c1-28(2)19-18-20-29(3)23-24-88-46(60(82)87-17)27-91-104(85,86)103-65-55(56(102-66(69)83)67(16,84)57(101-65)58(68)80)100-62-48(71-38(12)74)35(9)51(45(96-62)26-90-63-53(93-40(14)76)31(5)30(4)44(95-63)25-89-39(13)75)98-61-47(70-37(11)73)34(8)50(36(10)92-61)97-64-54(94-41(15)77)33(7)32(6)52(99-64)59(81)72-49-42(78)21-22-43(49)79/h19,23,30-36,44-48,50-57,61-65,78,84H,18,20-22,24-27H2,1-17H3,(H2,68,80)(H2,69,83)(H,70,73)(H,71,74)(H,72,81)(H,85,86)/b29-23-/t30-,31-,32+,33-,34+,35+,36?,44?,45?,46+,47?,48?,50-,51-,52?,53?,54?,55?,56+,57?,61-,62-,63+,64+,65-,67-/m0/s1. The molecular weight excluding hydrogens is 1400 g/mol. The van der Waals surface area contributed by atoms with Crippen LogP contribution in [-0.2, 0) is 128 Å². The summed E-state index contributed by atoms with van der Waals surface area (Å²) < 4.78 is 117. The van der Waals surface area contributed by atoms with E-state index >= 15 is 0 Å². The third-order valence-electron chi connectivity index (χ3n) is 19.2. The van der Waals surface area contributed by atoms with Gasteiger partial charge in [-0.2, -0.15) is 0 Å². The van der Waals surface area contributed by atoms with Gasteiger partial charge in [0.25, 0.3) is 5.91 Å². The zero-order chi connectivity index (χ0) is 77.7. The summed E-state index contributed by atoms with van der Waals surface area (Å²) in [5.74, 6) is -11.9. The minimum Gasteiger partial charge on any atom is -0.510 e. The first-order valence-electron chi connectivity index (χ1n) is 34.3. The van der Waals surface area contributed by atoms with Gasteiger partial charge in [-0.3, -0.25) is 47.4 Å². The Morgan fingerprint density at radius 1 is 0.654 bits per heavy atom. The number of rotatable bonds is 31. The van der Waals surface area contributed by atoms with Gasteiger partial charge in [-0.1, -0.05) is 64.8 Å². The lowest BCUT2D eigenvalue weighted by Gasteiger charge is -2.52. The molecule has 5 fully saturated rings. The minimum atomic E-state index is -5.69. The highest BCUT2D eigenvalue weighted by Crippen LogP contribution is 2.50. The summed E-state index contributed by atoms with van der Waals surface area (Å²) >= 11 is 0. The van der Waals surface area contributed by atoms with Crippen molar-refractivity contribution in [2.24, 2.45) is 47.0 Å². The third-order valence-corrected chi connectivity index (χ3v) is 20.2. The number of ketones is 1. The van der Waals surface area contributed by atoms with Crippen LogP contribution in [0.2, 0.25) is 0 Å². The van der Waals surface area contributed by atoms with E-state index in [1.807, 2.05) is 26.8 Å². The number of nitrogens with two attached hydrogens (primary N) is 2. The number of aliphatic hydroxyl groups excluding tert-OH is 1. The Hall–Kier alpha value is -6.61. The van der Waals surface area contributed by atoms with Crippen molar-refractivity contribution < 1.29 is 148 Å². The maximum atomic E-state index is 14.3. The van der Waals surface area contributed by atoms with Crippen molar-refractivity contribution in [3.63, 3.8) is 0 Å². The number of methoxy groups -OCH3 is 1. The van der Waals surface area contributed by atoms with E-state index in [1.165, 1.54) is 27.7 Å². The highest BCUT2D eigenvalue weighted by molar-refractivity contribution is 7.47. The predicted molar refractivity (Wildman–Crippen MR) is 355 cm³/mol. The number of allylic oxidation sites excluding steroid dienone is 5. The molecule has 0 radical (unpaired) electrons. The summed E-state index contributed by atoms with van der Waals surface area (Å²) in [6, 6.07) is -2.74. The van der Waals surface area contributed by atoms with Crippen LogP contribution in [0.15, 0.2) is 34.8 Å². The second-order valence-corrected chi connectivity index (χ2v) is 29.0. The molecule has 1 aliphatic carbocycles. The van der Waals surface area contributed by atoms with Gasteiger partial charge >= 0.3 is 37.8 Å². The number of primary amides is 2. The van der Waals surface area contributed by atoms with Gasteiger partial charge in [0.15, 0.2) is 73.9 Å². The lowest BCUT2D eigenvalue weighted by molar-refractivity contribution is -0.367. The summed E-state index contributed by atoms with van der Waals surface area (Å²) in [4.78, 5) is 142. The monoisotopic (exact) mass is 1510 g/mol. The molecule has 0 aromatic heterocycles. The Kier molecular flexibility index (Phi) is 31.3. The molecule has 5 heterocycles. The van der Waals surface area contributed by atoms with Gasteiger partial charge in [-0.05, 0) is 59.3 Å². The molecule has 5 amide bonds. The van der Waals surface area contributed by atoms with E-state index in [2.05, 4.69) is 16.0 Å². The molecule has 5 aliphatic heterocycles. The maximum Gasteiger partial charge on any atom is 0.474 e. The Balaban J connectivity index is 1.42. The van der Waals surface area contributed by atoms with Crippen LogP contribution in [0.3, 0.4) is 0 Å². The molecule has 0 aromatic rings. The topological polar surface area (TPSA) is 493 Å². The molecule has 0 spiro atoms. The molecule has 27 atom stereocenters. The molecule has 588 valence electrons. The van der Waals surface area contributed by atoms with Crippen LogP contribution < -0.4 is 27.4 Å². The van der Waals surface area contributed by atoms with Gasteiger partial charge in [0, 0.05) is 71.1 Å². The number of amides is 5. The van der Waals surface area contributed by atoms with Crippen molar-refractivity contribution in [3.8, 4) is 0 Å². The fourth-order valence-corrected chi connectivity index (χ4v) is 14.1. The van der Waals surface area contributed by atoms with Crippen molar-refractivity contribution in [3.05, 3.63) is 34.8 Å². The molecule has 11 unspecified atom stereocenters. The second-order valence-electron chi connectivity index (χ2n) is 27.6. The van der Waals surface area contributed by atoms with Crippen LogP contribution in [0, 0.1) is 35.5 Å². The van der Waals surface area contributed by atoms with E-state index in [-0.39, 0.29) is 37.5 Å². The average Bonchev–Trinajstić information content (AvgIpc) is 0.835. The zero-order valence-corrected chi connectivity index (χ0v) is 62.5. The van der Waals surface area contributed by atoms with E-state index in [1.54, 1.807) is 47.6 Å². The summed E-state index contributed by atoms with van der Waals surface area (Å²) in [5.41, 5.74) is 10.3. The molecule has 6 aliphatic rings. The molecule has 10 N–H and O–H groups in total. The van der Waals surface area contributed by atoms with Crippen molar-refractivity contribution >= 4 is 67.2 Å². The van der Waals surface area contributed by atoms with E-state index in [9.17, 15) is 67.6 Å². The molecule has 5 saturated heterocycles. The number of aliphatic hydroxyl groups is 2. The number of carbonyl (C=O) groups is 10. The van der Waals surface area contributed by atoms with Gasteiger partial charge in [0.1, 0.15) is 35.9 Å². The number of phosphoric acid groups is 1. The van der Waals surface area contributed by atoms with Crippen LogP contribution in [0.5, 0.6) is 0 Å². The van der Waals surface area contributed by atoms with Gasteiger partial charge < -0.3 is 114 Å². The zero-order valence-electron chi connectivity index (χ0n) is 61.6. The van der Waals surface area contributed by atoms with E-state index in [4.69, 9.17) is 91.6 Å². The Labute approximate surface area is 603 Å². The van der Waals surface area contributed by atoms with Gasteiger partial charge in [0.05, 0.1) is 63.4 Å². The predicted octanol–water partition coefficient (Wildman–Crippen LogP) is 2.39. The number of Topliss-reactive ketones (excluding diaryl/α,β-unsaturated/α-hetero) is 1. The van der Waals surface area contributed by atoms with Crippen molar-refractivity contribution in [2.45, 2.75) is 259 Å². The first-order chi connectivity index (χ1) is 48.6. The van der Waals surface area contributed by atoms with Gasteiger partial charge in [-0.25, -0.2) is 14.2 Å². The number of esters is 4. The number of hydrogen-bond donors (Lipinski definition) is 8. The van der Waals surface area contributed by atoms with Crippen LogP contribution >= 0.6 is 7.82 Å². The van der Waals surface area contributed by atoms with Crippen LogP contribution in [0.4, 0.5) is 4.79 Å². The van der Waals surface area contributed by atoms with Crippen LogP contribution in [0.1, 0.15) is 136 Å². The Morgan fingerprint density at radius 2 is 1.22 bits per heavy atom.